The summed E-state index contributed by atoms with van der Waals surface area (Å²) in [4.78, 5) is 4.24. The van der Waals surface area contributed by atoms with Crippen molar-refractivity contribution in [3.05, 3.63) is 25.6 Å². The highest BCUT2D eigenvalue weighted by Gasteiger charge is 2.11. The molecule has 0 aromatic carbocycles. The molecule has 0 amide bonds. The number of rotatable bonds is 1. The molecule has 0 unspecified atom stereocenters. The fraction of sp³-hybridized carbons (Fsp3) is 0. The number of hydrogen-bond acceptors (Lipinski definition) is 2. The number of nitrogens with one attached hydrogen (secondary N) is 1. The van der Waals surface area contributed by atoms with Gasteiger partial charge in [0, 0.05) is 0 Å². The van der Waals surface area contributed by atoms with Gasteiger partial charge in [-0.2, -0.15) is 0 Å². The third-order valence-electron chi connectivity index (χ3n) is 1.05. The van der Waals surface area contributed by atoms with Crippen molar-refractivity contribution in [1.29, 1.82) is 5.41 Å². The standard InChI is InChI=1S/C7H4BrN2S/c1-10-5(4-9)6-2-3-7(8)11-6/h1-3,9H/q+1. The van der Waals surface area contributed by atoms with Gasteiger partial charge in [-0.05, 0) is 32.9 Å². The van der Waals surface area contributed by atoms with Crippen LogP contribution in [0.5, 0.6) is 0 Å². The van der Waals surface area contributed by atoms with Gasteiger partial charge in [0.2, 0.25) is 0 Å². The summed E-state index contributed by atoms with van der Waals surface area (Å²) in [5.41, 5.74) is 0.376. The molecular formula is C7H4BrN2S+. The molecule has 0 saturated carbocycles. The van der Waals surface area contributed by atoms with Crippen LogP contribution >= 0.6 is 27.3 Å². The maximum absolute atomic E-state index is 6.84. The van der Waals surface area contributed by atoms with E-state index in [4.69, 9.17) is 12.0 Å². The average Bonchev–Trinajstić information content (AvgIpc) is 2.39. The molecule has 11 heavy (non-hydrogen) atoms. The highest BCUT2D eigenvalue weighted by atomic mass is 79.9. The zero-order valence-corrected chi connectivity index (χ0v) is 7.87. The van der Waals surface area contributed by atoms with Gasteiger partial charge >= 0.3 is 5.70 Å². The Morgan fingerprint density at radius 2 is 2.45 bits per heavy atom. The Bertz CT molecular complexity index is 355. The number of hydrogen-bond donors (Lipinski definition) is 1. The Morgan fingerprint density at radius 1 is 1.73 bits per heavy atom. The van der Waals surface area contributed by atoms with Crippen LogP contribution in [-0.2, 0) is 0 Å². The lowest BCUT2D eigenvalue weighted by atomic mass is 10.4. The smallest absolute Gasteiger partial charge is 0.252 e. The van der Waals surface area contributed by atoms with E-state index in [1.54, 1.807) is 0 Å². The predicted octanol–water partition coefficient (Wildman–Crippen LogP) is 3.06. The van der Waals surface area contributed by atoms with Crippen LogP contribution in [0.3, 0.4) is 0 Å². The summed E-state index contributed by atoms with van der Waals surface area (Å²) >= 11 is 4.76. The van der Waals surface area contributed by atoms with E-state index in [-0.39, 0.29) is 0 Å². The Labute approximate surface area is 76.6 Å². The second-order valence-corrected chi connectivity index (χ2v) is 4.17. The van der Waals surface area contributed by atoms with E-state index in [2.05, 4.69) is 26.6 Å². The number of thiophene rings is 1. The van der Waals surface area contributed by atoms with Gasteiger partial charge in [-0.3, -0.25) is 5.41 Å². The first-order valence-electron chi connectivity index (χ1n) is 2.74. The van der Waals surface area contributed by atoms with Crippen molar-refractivity contribution in [2.75, 3.05) is 0 Å². The Morgan fingerprint density at radius 3 is 2.82 bits per heavy atom. The molecule has 0 spiro atoms. The Hall–Kier alpha value is -0.880. The minimum absolute atomic E-state index is 0.376. The van der Waals surface area contributed by atoms with E-state index < -0.39 is 0 Å². The van der Waals surface area contributed by atoms with Gasteiger partial charge in [-0.1, -0.05) is 0 Å². The molecule has 1 heterocycles. The number of halogens is 1. The molecule has 1 N–H and O–H groups in total. The van der Waals surface area contributed by atoms with Crippen molar-refractivity contribution in [3.8, 4) is 6.57 Å². The third-order valence-corrected chi connectivity index (χ3v) is 2.68. The largest absolute Gasteiger partial charge is 0.417 e. The highest BCUT2D eigenvalue weighted by Crippen LogP contribution is 2.27. The second kappa shape index (κ2) is 3.49. The van der Waals surface area contributed by atoms with Crippen molar-refractivity contribution in [2.45, 2.75) is 0 Å². The predicted molar refractivity (Wildman–Crippen MR) is 51.5 cm³/mol. The van der Waals surface area contributed by atoms with Crippen LogP contribution in [0.15, 0.2) is 15.9 Å². The molecule has 0 atom stereocenters. The Kier molecular flexibility index (Phi) is 2.61. The van der Waals surface area contributed by atoms with Crippen LogP contribution in [0.4, 0.5) is 0 Å². The minimum Gasteiger partial charge on any atom is -0.252 e. The van der Waals surface area contributed by atoms with E-state index in [0.717, 1.165) is 8.66 Å². The summed E-state index contributed by atoms with van der Waals surface area (Å²) in [7, 11) is 0. The van der Waals surface area contributed by atoms with Gasteiger partial charge in [0.25, 0.3) is 6.57 Å². The summed E-state index contributed by atoms with van der Waals surface area (Å²) in [5.74, 6) is 2.15. The van der Waals surface area contributed by atoms with Crippen molar-refractivity contribution in [2.24, 2.45) is 0 Å². The fourth-order valence-corrected chi connectivity index (χ4v) is 1.94. The zero-order valence-electron chi connectivity index (χ0n) is 5.47. The van der Waals surface area contributed by atoms with E-state index in [0.29, 0.717) is 5.70 Å². The van der Waals surface area contributed by atoms with Gasteiger partial charge in [-0.25, -0.2) is 0 Å². The van der Waals surface area contributed by atoms with E-state index in [1.165, 1.54) is 11.3 Å². The topological polar surface area (TPSA) is 28.2 Å². The fourth-order valence-electron chi connectivity index (χ4n) is 0.599. The lowest BCUT2D eigenvalue weighted by molar-refractivity contribution is 1.59. The molecule has 1 rings (SSSR count). The van der Waals surface area contributed by atoms with Gasteiger partial charge in [0.1, 0.15) is 4.88 Å². The third kappa shape index (κ3) is 1.78. The molecular weight excluding hydrogens is 224 g/mol. The Balaban J connectivity index is 3.14. The summed E-state index contributed by atoms with van der Waals surface area (Å²) in [5, 5.41) is 6.84. The molecule has 0 aliphatic carbocycles. The molecule has 4 heteroatoms. The van der Waals surface area contributed by atoms with Gasteiger partial charge in [0.15, 0.2) is 0 Å². The van der Waals surface area contributed by atoms with Crippen molar-refractivity contribution >= 4 is 38.8 Å². The van der Waals surface area contributed by atoms with E-state index >= 15 is 0 Å². The molecule has 0 saturated heterocycles. The average molecular weight is 228 g/mol. The van der Waals surface area contributed by atoms with Gasteiger partial charge in [0.05, 0.1) is 9.66 Å². The first-order valence-corrected chi connectivity index (χ1v) is 4.35. The molecule has 54 valence electrons. The lowest BCUT2D eigenvalue weighted by Gasteiger charge is -1.74. The maximum Gasteiger partial charge on any atom is 0.417 e. The summed E-state index contributed by atoms with van der Waals surface area (Å²) in [6.45, 7) is 5.02. The molecule has 1 aromatic rings. The molecule has 0 radical (unpaired) electrons. The molecule has 0 fully saturated rings. The van der Waals surface area contributed by atoms with Crippen molar-refractivity contribution < 1.29 is 0 Å². The van der Waals surface area contributed by atoms with Crippen LogP contribution in [0, 0.1) is 12.0 Å². The first-order chi connectivity index (χ1) is 5.27. The minimum atomic E-state index is 0.376. The second-order valence-electron chi connectivity index (χ2n) is 1.71. The maximum atomic E-state index is 6.84. The van der Waals surface area contributed by atoms with Crippen LogP contribution in [0.1, 0.15) is 4.88 Å². The van der Waals surface area contributed by atoms with Crippen LogP contribution < -0.4 is 0 Å². The van der Waals surface area contributed by atoms with Crippen LogP contribution in [0.2, 0.25) is 0 Å². The SMILES string of the molecule is C#[N+]C(=C=N)c1ccc(Br)s1. The molecule has 0 aliphatic rings. The number of nitrogens with zero attached hydrogens (tertiary/aromatic N) is 1. The van der Waals surface area contributed by atoms with Crippen molar-refractivity contribution in [3.63, 3.8) is 0 Å². The van der Waals surface area contributed by atoms with Crippen molar-refractivity contribution in [1.82, 2.24) is 0 Å². The molecule has 2 nitrogen and oxygen atoms in total. The quantitative estimate of drug-likeness (QED) is 0.715. The van der Waals surface area contributed by atoms with Crippen LogP contribution in [0.25, 0.3) is 10.5 Å². The monoisotopic (exact) mass is 227 g/mol. The van der Waals surface area contributed by atoms with Gasteiger partial charge in [-0.15, -0.1) is 11.3 Å². The summed E-state index contributed by atoms with van der Waals surface area (Å²) in [6, 6.07) is 3.71. The summed E-state index contributed by atoms with van der Waals surface area (Å²) in [6.07, 6.45) is 0. The first kappa shape index (κ1) is 8.22. The summed E-state index contributed by atoms with van der Waals surface area (Å²) < 4.78 is 0.990. The molecule has 0 bridgehead atoms. The molecule has 1 aromatic heterocycles. The van der Waals surface area contributed by atoms with E-state index in [9.17, 15) is 0 Å². The van der Waals surface area contributed by atoms with Gasteiger partial charge < -0.3 is 0 Å². The van der Waals surface area contributed by atoms with E-state index in [1.807, 2.05) is 12.1 Å². The highest BCUT2D eigenvalue weighted by molar-refractivity contribution is 9.11. The van der Waals surface area contributed by atoms with Crippen LogP contribution in [-0.4, -0.2) is 5.87 Å². The zero-order chi connectivity index (χ0) is 8.27. The lowest BCUT2D eigenvalue weighted by Crippen LogP contribution is -1.68. The normalized spacial score (nSPS) is 8.36. The molecule has 0 aliphatic heterocycles.